The molecule has 0 bridgehead atoms. The predicted molar refractivity (Wildman–Crippen MR) is 106 cm³/mol. The quantitative estimate of drug-likeness (QED) is 0.484. The lowest BCUT2D eigenvalue weighted by molar-refractivity contribution is -0.141. The number of carbonyl (C=O) groups is 2. The normalized spacial score (nSPS) is 11.0. The van der Waals surface area contributed by atoms with E-state index < -0.39 is 18.5 Å². The first-order valence-electron chi connectivity index (χ1n) is 8.70. The summed E-state index contributed by atoms with van der Waals surface area (Å²) in [5.41, 5.74) is 1.41. The Kier molecular flexibility index (Phi) is 6.31. The van der Waals surface area contributed by atoms with E-state index in [1.54, 1.807) is 44.4 Å². The third-order valence-corrected chi connectivity index (χ3v) is 3.87. The fourth-order valence-electron chi connectivity index (χ4n) is 2.44. The largest absolute Gasteiger partial charge is 0.497 e. The van der Waals surface area contributed by atoms with Crippen LogP contribution in [0, 0.1) is 6.92 Å². The second-order valence-corrected chi connectivity index (χ2v) is 5.93. The van der Waals surface area contributed by atoms with E-state index in [9.17, 15) is 9.59 Å². The van der Waals surface area contributed by atoms with Crippen molar-refractivity contribution in [2.75, 3.05) is 19.0 Å². The first-order valence-corrected chi connectivity index (χ1v) is 8.70. The van der Waals surface area contributed by atoms with E-state index in [0.29, 0.717) is 17.3 Å². The zero-order chi connectivity index (χ0) is 20.6. The number of aryl methyl sites for hydroxylation is 1. The number of anilines is 1. The van der Waals surface area contributed by atoms with Crippen LogP contribution in [-0.2, 0) is 14.3 Å². The van der Waals surface area contributed by atoms with Crippen LogP contribution in [0.5, 0.6) is 5.75 Å². The van der Waals surface area contributed by atoms with Gasteiger partial charge in [-0.3, -0.25) is 4.79 Å². The Morgan fingerprint density at radius 1 is 1.10 bits per heavy atom. The number of methoxy groups -OCH3 is 1. The summed E-state index contributed by atoms with van der Waals surface area (Å²) in [6.07, 6.45) is 1.59. The minimum Gasteiger partial charge on any atom is -0.497 e. The molecular formula is C20H19N5O4. The first-order chi connectivity index (χ1) is 14.1. The third-order valence-electron chi connectivity index (χ3n) is 3.87. The number of carbonyl (C=O) groups excluding carboxylic acids is 2. The topological polar surface area (TPSA) is 108 Å². The van der Waals surface area contributed by atoms with Gasteiger partial charge in [-0.15, -0.1) is 5.10 Å². The van der Waals surface area contributed by atoms with Crippen LogP contribution in [0.2, 0.25) is 0 Å². The van der Waals surface area contributed by atoms with Crippen molar-refractivity contribution >= 4 is 29.3 Å². The highest BCUT2D eigenvalue weighted by Gasteiger charge is 2.19. The SMILES string of the molecule is COc1ccc(NC(=O)COC(=O)/C(=C/c2ccccc2)n2nnnc2C)cc1. The molecule has 0 radical (unpaired) electrons. The van der Waals surface area contributed by atoms with Gasteiger partial charge in [0.05, 0.1) is 7.11 Å². The van der Waals surface area contributed by atoms with Crippen molar-refractivity contribution in [1.82, 2.24) is 20.2 Å². The summed E-state index contributed by atoms with van der Waals surface area (Å²) >= 11 is 0. The maximum Gasteiger partial charge on any atom is 0.357 e. The predicted octanol–water partition coefficient (Wildman–Crippen LogP) is 2.17. The molecule has 0 atom stereocenters. The fourth-order valence-corrected chi connectivity index (χ4v) is 2.44. The Labute approximate surface area is 166 Å². The molecule has 9 nitrogen and oxygen atoms in total. The van der Waals surface area contributed by atoms with Gasteiger partial charge < -0.3 is 14.8 Å². The number of amides is 1. The van der Waals surface area contributed by atoms with Gasteiger partial charge in [-0.25, -0.2) is 4.79 Å². The molecule has 1 heterocycles. The van der Waals surface area contributed by atoms with Crippen LogP contribution < -0.4 is 10.1 Å². The van der Waals surface area contributed by atoms with Crippen LogP contribution in [0.15, 0.2) is 54.6 Å². The van der Waals surface area contributed by atoms with Gasteiger partial charge in [0.1, 0.15) is 5.75 Å². The minimum atomic E-state index is -0.728. The molecule has 0 unspecified atom stereocenters. The monoisotopic (exact) mass is 393 g/mol. The molecular weight excluding hydrogens is 374 g/mol. The van der Waals surface area contributed by atoms with E-state index in [1.807, 2.05) is 30.3 Å². The molecule has 0 aliphatic heterocycles. The molecule has 0 spiro atoms. The Morgan fingerprint density at radius 3 is 2.45 bits per heavy atom. The summed E-state index contributed by atoms with van der Waals surface area (Å²) in [6, 6.07) is 16.0. The summed E-state index contributed by atoms with van der Waals surface area (Å²) in [5.74, 6) is -0.126. The smallest absolute Gasteiger partial charge is 0.357 e. The number of tetrazole rings is 1. The maximum absolute atomic E-state index is 12.6. The second-order valence-electron chi connectivity index (χ2n) is 5.93. The molecule has 1 N–H and O–H groups in total. The maximum atomic E-state index is 12.6. The fraction of sp³-hybridized carbons (Fsp3) is 0.150. The van der Waals surface area contributed by atoms with E-state index in [1.165, 1.54) is 4.68 Å². The molecule has 0 aliphatic rings. The highest BCUT2D eigenvalue weighted by Crippen LogP contribution is 2.16. The van der Waals surface area contributed by atoms with Crippen molar-refractivity contribution < 1.29 is 19.1 Å². The van der Waals surface area contributed by atoms with Gasteiger partial charge in [0.15, 0.2) is 18.1 Å². The Morgan fingerprint density at radius 2 is 1.83 bits per heavy atom. The standard InChI is InChI=1S/C20H19N5O4/c1-14-22-23-24-25(14)18(12-15-6-4-3-5-7-15)20(27)29-13-19(26)21-16-8-10-17(28-2)11-9-16/h3-12H,13H2,1-2H3,(H,21,26)/b18-12-. The summed E-state index contributed by atoms with van der Waals surface area (Å²) in [5, 5.41) is 13.8. The molecule has 1 amide bonds. The van der Waals surface area contributed by atoms with Crippen molar-refractivity contribution in [1.29, 1.82) is 0 Å². The van der Waals surface area contributed by atoms with Crippen molar-refractivity contribution in [3.8, 4) is 5.75 Å². The molecule has 3 rings (SSSR count). The zero-order valence-corrected chi connectivity index (χ0v) is 15.9. The van der Waals surface area contributed by atoms with E-state index in [0.717, 1.165) is 5.56 Å². The van der Waals surface area contributed by atoms with Crippen molar-refractivity contribution in [2.24, 2.45) is 0 Å². The molecule has 9 heteroatoms. The van der Waals surface area contributed by atoms with Crippen LogP contribution in [0.4, 0.5) is 5.69 Å². The molecule has 1 aromatic heterocycles. The van der Waals surface area contributed by atoms with Gasteiger partial charge >= 0.3 is 5.97 Å². The van der Waals surface area contributed by atoms with Crippen molar-refractivity contribution in [3.05, 3.63) is 66.0 Å². The van der Waals surface area contributed by atoms with Crippen LogP contribution in [-0.4, -0.2) is 45.8 Å². The third kappa shape index (κ3) is 5.25. The van der Waals surface area contributed by atoms with E-state index >= 15 is 0 Å². The molecule has 0 fully saturated rings. The van der Waals surface area contributed by atoms with Crippen LogP contribution in [0.1, 0.15) is 11.4 Å². The molecule has 0 saturated heterocycles. The number of ether oxygens (including phenoxy) is 2. The average molecular weight is 393 g/mol. The van der Waals surface area contributed by atoms with Gasteiger partial charge in [-0.1, -0.05) is 30.3 Å². The van der Waals surface area contributed by atoms with Gasteiger partial charge in [-0.2, -0.15) is 4.68 Å². The average Bonchev–Trinajstić information content (AvgIpc) is 3.17. The lowest BCUT2D eigenvalue weighted by Gasteiger charge is -2.10. The van der Waals surface area contributed by atoms with Crippen LogP contribution in [0.25, 0.3) is 11.8 Å². The molecule has 148 valence electrons. The van der Waals surface area contributed by atoms with Crippen LogP contribution in [0.3, 0.4) is 0 Å². The molecule has 0 aliphatic carbocycles. The van der Waals surface area contributed by atoms with Crippen molar-refractivity contribution in [3.63, 3.8) is 0 Å². The number of nitrogens with zero attached hydrogens (tertiary/aromatic N) is 4. The highest BCUT2D eigenvalue weighted by molar-refractivity contribution is 6.15. The van der Waals surface area contributed by atoms with E-state index in [-0.39, 0.29) is 5.70 Å². The zero-order valence-electron chi connectivity index (χ0n) is 15.9. The summed E-state index contributed by atoms with van der Waals surface area (Å²) in [6.45, 7) is 1.20. The van der Waals surface area contributed by atoms with Gasteiger partial charge in [0, 0.05) is 5.69 Å². The summed E-state index contributed by atoms with van der Waals surface area (Å²) in [4.78, 5) is 24.8. The van der Waals surface area contributed by atoms with Gasteiger partial charge in [-0.05, 0) is 53.3 Å². The van der Waals surface area contributed by atoms with Gasteiger partial charge in [0.2, 0.25) is 0 Å². The number of esters is 1. The van der Waals surface area contributed by atoms with Crippen LogP contribution >= 0.6 is 0 Å². The highest BCUT2D eigenvalue weighted by atomic mass is 16.5. The number of rotatable bonds is 7. The lowest BCUT2D eigenvalue weighted by atomic mass is 10.2. The minimum absolute atomic E-state index is 0.0935. The lowest BCUT2D eigenvalue weighted by Crippen LogP contribution is -2.23. The molecule has 0 saturated carbocycles. The number of hydrogen-bond donors (Lipinski definition) is 1. The molecule has 3 aromatic rings. The number of hydrogen-bond acceptors (Lipinski definition) is 7. The van der Waals surface area contributed by atoms with Gasteiger partial charge in [0.25, 0.3) is 5.91 Å². The van der Waals surface area contributed by atoms with E-state index in [2.05, 4.69) is 20.8 Å². The summed E-state index contributed by atoms with van der Waals surface area (Å²) < 4.78 is 11.5. The molecule has 2 aromatic carbocycles. The number of nitrogens with one attached hydrogen (secondary N) is 1. The Hall–Kier alpha value is -4.01. The summed E-state index contributed by atoms with van der Waals surface area (Å²) in [7, 11) is 1.56. The number of aromatic nitrogens is 4. The first kappa shape index (κ1) is 19.7. The Bertz CT molecular complexity index is 1010. The number of benzene rings is 2. The molecule has 29 heavy (non-hydrogen) atoms. The van der Waals surface area contributed by atoms with Crippen molar-refractivity contribution in [2.45, 2.75) is 6.92 Å². The Balaban J connectivity index is 1.69. The van der Waals surface area contributed by atoms with E-state index in [4.69, 9.17) is 9.47 Å². The second kappa shape index (κ2) is 9.27.